The van der Waals surface area contributed by atoms with Gasteiger partial charge < -0.3 is 14.6 Å². The Morgan fingerprint density at radius 1 is 0.972 bits per heavy atom. The molecule has 1 aliphatic carbocycles. The molecule has 1 saturated carbocycles. The topological polar surface area (TPSA) is 54.1 Å². The molecule has 1 fully saturated rings. The van der Waals surface area contributed by atoms with Crippen molar-refractivity contribution in [2.24, 2.45) is 4.99 Å². The average Bonchev–Trinajstić information content (AvgIpc) is 3.34. The Hall–Kier alpha value is -3.54. The minimum absolute atomic E-state index is 0.0707. The van der Waals surface area contributed by atoms with E-state index in [2.05, 4.69) is 85.2 Å². The Balaban J connectivity index is 1.49. The maximum absolute atomic E-state index is 11.7. The van der Waals surface area contributed by atoms with E-state index in [1.165, 1.54) is 43.8 Å². The molecule has 0 radical (unpaired) electrons. The molecule has 3 aliphatic heterocycles. The first kappa shape index (κ1) is 20.6. The van der Waals surface area contributed by atoms with Gasteiger partial charge in [0.15, 0.2) is 6.04 Å². The second-order valence-electron chi connectivity index (χ2n) is 10.7. The van der Waals surface area contributed by atoms with E-state index in [4.69, 9.17) is 14.5 Å². The first-order valence-corrected chi connectivity index (χ1v) is 12.7. The standard InChI is InChI=1S/C31H27N2O3/c1-16(2)21-14-22-24(20-11-7-6-10-19(20)21)27-29(31(27,34)35-3)33-15-32-30-26(28(22)33)25-18-9-5-4-8-17(18)12-13-23(25)36-30/h4-16,26-27,29-30,34H,1-3H3/q+1. The Bertz CT molecular complexity index is 1690. The summed E-state index contributed by atoms with van der Waals surface area (Å²) in [7, 11) is 1.60. The summed E-state index contributed by atoms with van der Waals surface area (Å²) in [5.74, 6) is -0.239. The lowest BCUT2D eigenvalue weighted by molar-refractivity contribution is -0.444. The van der Waals surface area contributed by atoms with Crippen LogP contribution in [0.25, 0.3) is 21.5 Å². The number of aliphatic imine (C=N–C) groups is 1. The van der Waals surface area contributed by atoms with Gasteiger partial charge in [-0.15, -0.1) is 0 Å². The maximum Gasteiger partial charge on any atom is 0.293 e. The zero-order chi connectivity index (χ0) is 24.3. The van der Waals surface area contributed by atoms with Crippen molar-refractivity contribution in [3.63, 3.8) is 0 Å². The molecule has 178 valence electrons. The second-order valence-corrected chi connectivity index (χ2v) is 10.7. The van der Waals surface area contributed by atoms with Crippen LogP contribution < -0.4 is 4.74 Å². The maximum atomic E-state index is 11.7. The van der Waals surface area contributed by atoms with Crippen molar-refractivity contribution in [3.8, 4) is 5.75 Å². The van der Waals surface area contributed by atoms with Crippen LogP contribution in [0.5, 0.6) is 5.75 Å². The fourth-order valence-corrected chi connectivity index (χ4v) is 7.07. The molecule has 4 aromatic carbocycles. The van der Waals surface area contributed by atoms with E-state index < -0.39 is 5.79 Å². The Kier molecular flexibility index (Phi) is 3.90. The number of hydrogen-bond donors (Lipinski definition) is 1. The summed E-state index contributed by atoms with van der Waals surface area (Å²) in [6.07, 6.45) is 1.54. The van der Waals surface area contributed by atoms with Gasteiger partial charge >= 0.3 is 0 Å². The minimum atomic E-state index is -1.27. The van der Waals surface area contributed by atoms with E-state index in [-0.39, 0.29) is 24.1 Å². The second kappa shape index (κ2) is 6.81. The Morgan fingerprint density at radius 2 is 1.72 bits per heavy atom. The zero-order valence-corrected chi connectivity index (χ0v) is 20.5. The number of fused-ring (bicyclic) bond motifs is 13. The van der Waals surface area contributed by atoms with E-state index >= 15 is 0 Å². The molecule has 5 atom stereocenters. The van der Waals surface area contributed by atoms with Crippen molar-refractivity contribution in [2.45, 2.75) is 49.7 Å². The van der Waals surface area contributed by atoms with Gasteiger partial charge in [-0.1, -0.05) is 68.4 Å². The van der Waals surface area contributed by atoms with Gasteiger partial charge in [-0.25, -0.2) is 4.58 Å². The third-order valence-corrected chi connectivity index (χ3v) is 8.72. The highest BCUT2D eigenvalue weighted by molar-refractivity contribution is 6.13. The number of methoxy groups -OCH3 is 1. The van der Waals surface area contributed by atoms with Crippen molar-refractivity contribution in [2.75, 3.05) is 7.11 Å². The fourth-order valence-electron chi connectivity index (χ4n) is 7.07. The smallest absolute Gasteiger partial charge is 0.293 e. The first-order valence-electron chi connectivity index (χ1n) is 12.7. The highest BCUT2D eigenvalue weighted by Gasteiger charge is 2.75. The predicted octanol–water partition coefficient (Wildman–Crippen LogP) is 5.28. The molecule has 0 bridgehead atoms. The van der Waals surface area contributed by atoms with Crippen molar-refractivity contribution in [3.05, 3.63) is 89.0 Å². The van der Waals surface area contributed by atoms with Crippen LogP contribution >= 0.6 is 0 Å². The summed E-state index contributed by atoms with van der Waals surface area (Å²) in [5, 5.41) is 16.5. The normalized spacial score (nSPS) is 29.0. The quantitative estimate of drug-likeness (QED) is 0.317. The van der Waals surface area contributed by atoms with E-state index in [1.807, 2.05) is 6.34 Å². The van der Waals surface area contributed by atoms with E-state index in [9.17, 15) is 5.11 Å². The monoisotopic (exact) mass is 475 g/mol. The highest BCUT2D eigenvalue weighted by atomic mass is 16.6. The van der Waals surface area contributed by atoms with Crippen LogP contribution in [-0.4, -0.2) is 46.9 Å². The van der Waals surface area contributed by atoms with Crippen molar-refractivity contribution >= 4 is 33.6 Å². The molecule has 5 nitrogen and oxygen atoms in total. The van der Waals surface area contributed by atoms with Crippen LogP contribution in [0, 0.1) is 0 Å². The van der Waals surface area contributed by atoms with Gasteiger partial charge in [0.2, 0.25) is 5.79 Å². The first-order chi connectivity index (χ1) is 17.5. The number of ether oxygens (including phenoxy) is 2. The summed E-state index contributed by atoms with van der Waals surface area (Å²) in [6.45, 7) is 4.49. The number of aliphatic hydroxyl groups is 1. The number of benzene rings is 4. The molecule has 0 amide bonds. The highest BCUT2D eigenvalue weighted by Crippen LogP contribution is 2.61. The summed E-state index contributed by atoms with van der Waals surface area (Å²) < 4.78 is 14.4. The molecule has 0 aromatic heterocycles. The van der Waals surface area contributed by atoms with Gasteiger partial charge in [0.25, 0.3) is 12.6 Å². The molecule has 4 aliphatic rings. The van der Waals surface area contributed by atoms with Crippen LogP contribution in [0.4, 0.5) is 0 Å². The summed E-state index contributed by atoms with van der Waals surface area (Å²) >= 11 is 0. The van der Waals surface area contributed by atoms with Crippen molar-refractivity contribution < 1.29 is 19.2 Å². The predicted molar refractivity (Wildman–Crippen MR) is 140 cm³/mol. The molecule has 36 heavy (non-hydrogen) atoms. The lowest BCUT2D eigenvalue weighted by atomic mass is 9.79. The Morgan fingerprint density at radius 3 is 2.50 bits per heavy atom. The lowest BCUT2D eigenvalue weighted by Gasteiger charge is -2.27. The SMILES string of the molecule is COC1(O)C2c3c(cc(C(C)C)c4ccccc34)C3=[N+](C=NC4Oc5ccc6ccccc6c5C34)C21. The molecule has 0 spiro atoms. The summed E-state index contributed by atoms with van der Waals surface area (Å²) in [4.78, 5) is 4.86. The fraction of sp³-hybridized carbons (Fsp3) is 0.290. The summed E-state index contributed by atoms with van der Waals surface area (Å²) in [6, 6.07) is 23.4. The molecule has 3 heterocycles. The van der Waals surface area contributed by atoms with E-state index in [0.29, 0.717) is 5.92 Å². The average molecular weight is 476 g/mol. The minimum Gasteiger partial charge on any atom is -0.447 e. The number of nitrogens with zero attached hydrogens (tertiary/aromatic N) is 2. The van der Waals surface area contributed by atoms with Crippen LogP contribution in [0.2, 0.25) is 0 Å². The lowest BCUT2D eigenvalue weighted by Crippen LogP contribution is -2.41. The third kappa shape index (κ3) is 2.38. The van der Waals surface area contributed by atoms with Gasteiger partial charge in [-0.05, 0) is 55.7 Å². The zero-order valence-electron chi connectivity index (χ0n) is 20.5. The third-order valence-electron chi connectivity index (χ3n) is 8.72. The van der Waals surface area contributed by atoms with Gasteiger partial charge in [-0.2, -0.15) is 0 Å². The summed E-state index contributed by atoms with van der Waals surface area (Å²) in [5.41, 5.74) is 6.01. The van der Waals surface area contributed by atoms with Gasteiger partial charge in [-0.3, -0.25) is 0 Å². The van der Waals surface area contributed by atoms with Crippen LogP contribution in [0.3, 0.4) is 0 Å². The van der Waals surface area contributed by atoms with Gasteiger partial charge in [0.1, 0.15) is 17.4 Å². The molecule has 1 N–H and O–H groups in total. The van der Waals surface area contributed by atoms with Gasteiger partial charge in [0.05, 0.1) is 5.92 Å². The molecular weight excluding hydrogens is 448 g/mol. The van der Waals surface area contributed by atoms with E-state index in [0.717, 1.165) is 11.5 Å². The van der Waals surface area contributed by atoms with Crippen molar-refractivity contribution in [1.29, 1.82) is 0 Å². The molecule has 8 rings (SSSR count). The number of hydrogen-bond acceptors (Lipinski definition) is 4. The largest absolute Gasteiger partial charge is 0.447 e. The molecule has 5 heteroatoms. The molecule has 0 saturated heterocycles. The molecule has 5 unspecified atom stereocenters. The molecule has 4 aromatic rings. The van der Waals surface area contributed by atoms with Gasteiger partial charge in [0, 0.05) is 18.2 Å². The van der Waals surface area contributed by atoms with Crippen LogP contribution in [0.15, 0.2) is 71.7 Å². The number of rotatable bonds is 2. The van der Waals surface area contributed by atoms with E-state index in [1.54, 1.807) is 7.11 Å². The van der Waals surface area contributed by atoms with Crippen LogP contribution in [0.1, 0.15) is 53.9 Å². The van der Waals surface area contributed by atoms with Crippen LogP contribution in [-0.2, 0) is 4.74 Å². The molecular formula is C31H27N2O3+. The van der Waals surface area contributed by atoms with Crippen molar-refractivity contribution in [1.82, 2.24) is 0 Å². The Labute approximate surface area is 209 Å².